The Kier molecular flexibility index (Phi) is 11.1. The molecule has 0 aromatic rings. The van der Waals surface area contributed by atoms with E-state index in [1.807, 2.05) is 6.92 Å². The van der Waals surface area contributed by atoms with Crippen molar-refractivity contribution in [3.8, 4) is 0 Å². The minimum Gasteiger partial charge on any atom is -0.466 e. The normalized spacial score (nSPS) is 14.2. The van der Waals surface area contributed by atoms with Crippen LogP contribution >= 0.6 is 0 Å². The number of aliphatic hydroxyl groups is 2. The second-order valence-corrected chi connectivity index (χ2v) is 4.72. The molecule has 0 fully saturated rings. The molecule has 0 rings (SSSR count). The molecular formula is C14H28O4. The van der Waals surface area contributed by atoms with Gasteiger partial charge in [-0.3, -0.25) is 4.79 Å². The van der Waals surface area contributed by atoms with Gasteiger partial charge in [0.05, 0.1) is 25.2 Å². The van der Waals surface area contributed by atoms with Crippen LogP contribution in [0.15, 0.2) is 0 Å². The van der Waals surface area contributed by atoms with E-state index < -0.39 is 6.10 Å². The van der Waals surface area contributed by atoms with Crippen molar-refractivity contribution in [2.45, 2.75) is 77.4 Å². The van der Waals surface area contributed by atoms with Gasteiger partial charge in [0.25, 0.3) is 0 Å². The van der Waals surface area contributed by atoms with Crippen LogP contribution in [0.4, 0.5) is 0 Å². The Morgan fingerprint density at radius 3 is 2.06 bits per heavy atom. The van der Waals surface area contributed by atoms with Crippen LogP contribution in [-0.2, 0) is 9.53 Å². The monoisotopic (exact) mass is 260 g/mol. The first-order valence-corrected chi connectivity index (χ1v) is 7.11. The molecule has 2 atom stereocenters. The highest BCUT2D eigenvalue weighted by Gasteiger charge is 2.10. The molecule has 18 heavy (non-hydrogen) atoms. The summed E-state index contributed by atoms with van der Waals surface area (Å²) in [4.78, 5) is 11.1. The van der Waals surface area contributed by atoms with E-state index in [1.165, 1.54) is 0 Å². The first kappa shape index (κ1) is 17.4. The highest BCUT2D eigenvalue weighted by Crippen LogP contribution is 2.11. The van der Waals surface area contributed by atoms with Gasteiger partial charge in [0.2, 0.25) is 0 Å². The highest BCUT2D eigenvalue weighted by atomic mass is 16.5. The molecule has 2 N–H and O–H groups in total. The summed E-state index contributed by atoms with van der Waals surface area (Å²) in [7, 11) is 0. The molecule has 0 radical (unpaired) electrons. The van der Waals surface area contributed by atoms with Gasteiger partial charge in [-0.25, -0.2) is 0 Å². The molecule has 0 amide bonds. The van der Waals surface area contributed by atoms with Crippen LogP contribution in [0.5, 0.6) is 0 Å². The number of carbonyl (C=O) groups is 1. The average Bonchev–Trinajstić information content (AvgIpc) is 2.33. The first-order chi connectivity index (χ1) is 8.60. The summed E-state index contributed by atoms with van der Waals surface area (Å²) in [6.45, 7) is 4.11. The van der Waals surface area contributed by atoms with Gasteiger partial charge in [0.1, 0.15) is 0 Å². The van der Waals surface area contributed by atoms with Crippen LogP contribution in [0.25, 0.3) is 0 Å². The molecule has 2 unspecified atom stereocenters. The fourth-order valence-corrected chi connectivity index (χ4v) is 1.83. The molecule has 0 saturated carbocycles. The second-order valence-electron chi connectivity index (χ2n) is 4.72. The summed E-state index contributed by atoms with van der Waals surface area (Å²) in [6, 6.07) is 0. The lowest BCUT2D eigenvalue weighted by Crippen LogP contribution is -2.15. The number of rotatable bonds is 11. The van der Waals surface area contributed by atoms with Crippen molar-refractivity contribution < 1.29 is 19.7 Å². The van der Waals surface area contributed by atoms with Crippen molar-refractivity contribution in [3.05, 3.63) is 0 Å². The molecule has 0 bridgehead atoms. The number of hydrogen-bond donors (Lipinski definition) is 2. The summed E-state index contributed by atoms with van der Waals surface area (Å²) in [5.74, 6) is -0.323. The Morgan fingerprint density at radius 2 is 1.56 bits per heavy atom. The summed E-state index contributed by atoms with van der Waals surface area (Å²) >= 11 is 0. The molecule has 4 nitrogen and oxygen atoms in total. The zero-order valence-corrected chi connectivity index (χ0v) is 11.7. The van der Waals surface area contributed by atoms with E-state index >= 15 is 0 Å². The van der Waals surface area contributed by atoms with E-state index in [0.717, 1.165) is 38.5 Å². The summed E-state index contributed by atoms with van der Waals surface area (Å²) in [5, 5.41) is 18.9. The molecule has 0 aliphatic rings. The Bertz CT molecular complexity index is 206. The predicted molar refractivity (Wildman–Crippen MR) is 71.3 cm³/mol. The second kappa shape index (κ2) is 11.5. The van der Waals surface area contributed by atoms with Crippen molar-refractivity contribution in [3.63, 3.8) is 0 Å². The Morgan fingerprint density at radius 1 is 1.00 bits per heavy atom. The highest BCUT2D eigenvalue weighted by molar-refractivity contribution is 5.69. The molecule has 0 heterocycles. The molecule has 0 aromatic carbocycles. The van der Waals surface area contributed by atoms with Crippen molar-refractivity contribution in [2.75, 3.05) is 6.61 Å². The van der Waals surface area contributed by atoms with E-state index in [2.05, 4.69) is 0 Å². The lowest BCUT2D eigenvalue weighted by atomic mass is 10.0. The number of carbonyl (C=O) groups excluding carboxylic acids is 1. The average molecular weight is 260 g/mol. The van der Waals surface area contributed by atoms with Crippen LogP contribution in [0, 0.1) is 0 Å². The van der Waals surface area contributed by atoms with Gasteiger partial charge in [-0.15, -0.1) is 0 Å². The van der Waals surface area contributed by atoms with E-state index in [9.17, 15) is 15.0 Å². The van der Waals surface area contributed by atoms with Crippen LogP contribution in [0.2, 0.25) is 0 Å². The van der Waals surface area contributed by atoms with Crippen molar-refractivity contribution in [1.82, 2.24) is 0 Å². The van der Waals surface area contributed by atoms with Crippen molar-refractivity contribution in [2.24, 2.45) is 0 Å². The zero-order valence-electron chi connectivity index (χ0n) is 11.7. The van der Waals surface area contributed by atoms with Gasteiger partial charge in [-0.05, 0) is 26.2 Å². The number of aliphatic hydroxyl groups excluding tert-OH is 2. The number of ether oxygens (including phenoxy) is 1. The fraction of sp³-hybridized carbons (Fsp3) is 0.929. The van der Waals surface area contributed by atoms with Crippen molar-refractivity contribution in [1.29, 1.82) is 0 Å². The standard InChI is InChI=1S/C14H28O4/c1-3-12(15)9-7-5-6-8-10-13(16)11-14(17)18-4-2/h12-13,15-16H,3-11H2,1-2H3. The SMILES string of the molecule is CCOC(=O)CC(O)CCCCCCC(O)CC. The minimum absolute atomic E-state index is 0.0996. The summed E-state index contributed by atoms with van der Waals surface area (Å²) in [5.41, 5.74) is 0. The van der Waals surface area contributed by atoms with Crippen molar-refractivity contribution >= 4 is 5.97 Å². The molecule has 0 aliphatic carbocycles. The number of esters is 1. The molecule has 4 heteroatoms. The van der Waals surface area contributed by atoms with Gasteiger partial charge in [-0.1, -0.05) is 32.6 Å². The van der Waals surface area contributed by atoms with Crippen LogP contribution in [-0.4, -0.2) is 35.0 Å². The van der Waals surface area contributed by atoms with Gasteiger partial charge < -0.3 is 14.9 Å². The molecule has 0 spiro atoms. The smallest absolute Gasteiger partial charge is 0.308 e. The van der Waals surface area contributed by atoms with E-state index in [1.54, 1.807) is 6.92 Å². The summed E-state index contributed by atoms with van der Waals surface area (Å²) in [6.07, 6.45) is 5.74. The molecule has 0 saturated heterocycles. The maximum Gasteiger partial charge on any atom is 0.308 e. The van der Waals surface area contributed by atoms with E-state index in [-0.39, 0.29) is 18.5 Å². The minimum atomic E-state index is -0.578. The fourth-order valence-electron chi connectivity index (χ4n) is 1.83. The van der Waals surface area contributed by atoms with E-state index in [4.69, 9.17) is 4.74 Å². The van der Waals surface area contributed by atoms with Crippen LogP contribution in [0.3, 0.4) is 0 Å². The van der Waals surface area contributed by atoms with Crippen LogP contribution in [0.1, 0.15) is 65.2 Å². The van der Waals surface area contributed by atoms with Gasteiger partial charge in [0.15, 0.2) is 0 Å². The zero-order chi connectivity index (χ0) is 13.8. The quantitative estimate of drug-likeness (QED) is 0.442. The van der Waals surface area contributed by atoms with Gasteiger partial charge in [-0.2, -0.15) is 0 Å². The maximum absolute atomic E-state index is 11.1. The topological polar surface area (TPSA) is 66.8 Å². The Hall–Kier alpha value is -0.610. The maximum atomic E-state index is 11.1. The third-order valence-electron chi connectivity index (χ3n) is 3.00. The molecular weight excluding hydrogens is 232 g/mol. The summed E-state index contributed by atoms with van der Waals surface area (Å²) < 4.78 is 4.77. The lowest BCUT2D eigenvalue weighted by Gasteiger charge is -2.10. The van der Waals surface area contributed by atoms with Crippen LogP contribution < -0.4 is 0 Å². The third kappa shape index (κ3) is 10.5. The molecule has 0 aliphatic heterocycles. The predicted octanol–water partition coefficient (Wildman–Crippen LogP) is 2.41. The number of hydrogen-bond acceptors (Lipinski definition) is 4. The largest absolute Gasteiger partial charge is 0.466 e. The Labute approximate surface area is 110 Å². The molecule has 108 valence electrons. The van der Waals surface area contributed by atoms with Gasteiger partial charge in [0, 0.05) is 0 Å². The third-order valence-corrected chi connectivity index (χ3v) is 3.00. The molecule has 0 aromatic heterocycles. The lowest BCUT2D eigenvalue weighted by molar-refractivity contribution is -0.145. The first-order valence-electron chi connectivity index (χ1n) is 7.11. The Balaban J connectivity index is 3.35. The van der Waals surface area contributed by atoms with E-state index in [0.29, 0.717) is 13.0 Å². The van der Waals surface area contributed by atoms with Gasteiger partial charge >= 0.3 is 5.97 Å². The number of unbranched alkanes of at least 4 members (excludes halogenated alkanes) is 3.